The van der Waals surface area contributed by atoms with Gasteiger partial charge in [-0.05, 0) is 28.9 Å². The lowest BCUT2D eigenvalue weighted by Crippen LogP contribution is -2.48. The van der Waals surface area contributed by atoms with Crippen molar-refractivity contribution in [3.8, 4) is 0 Å². The summed E-state index contributed by atoms with van der Waals surface area (Å²) < 4.78 is 39.1. The number of alkyl halides is 3. The first-order chi connectivity index (χ1) is 8.99. The van der Waals surface area contributed by atoms with Gasteiger partial charge in [0, 0.05) is 7.05 Å². The summed E-state index contributed by atoms with van der Waals surface area (Å²) in [6.07, 6.45) is -5.89. The molecule has 2 rings (SSSR count). The molecule has 110 valence electrons. The molecule has 0 saturated carbocycles. The predicted octanol–water partition coefficient (Wildman–Crippen LogP) is 2.97. The van der Waals surface area contributed by atoms with Crippen molar-refractivity contribution in [3.63, 3.8) is 0 Å². The second kappa shape index (κ2) is 4.49. The first-order valence-corrected chi connectivity index (χ1v) is 6.62. The summed E-state index contributed by atoms with van der Waals surface area (Å²) in [6, 6.07) is 1.21. The van der Waals surface area contributed by atoms with Crippen LogP contribution in [0.1, 0.15) is 23.8 Å². The van der Waals surface area contributed by atoms with Crippen LogP contribution in [0.5, 0.6) is 0 Å². The Bertz CT molecular complexity index is 658. The minimum absolute atomic E-state index is 0.00255. The monoisotopic (exact) mass is 372 g/mol. The third-order valence-electron chi connectivity index (χ3n) is 3.36. The first kappa shape index (κ1) is 15.4. The maximum Gasteiger partial charge on any atom is 0.393 e. The highest BCUT2D eigenvalue weighted by Crippen LogP contribution is 2.41. The predicted molar refractivity (Wildman–Crippen MR) is 69.8 cm³/mol. The minimum atomic E-state index is -4.54. The number of pyridine rings is 1. The molecule has 1 unspecified atom stereocenters. The van der Waals surface area contributed by atoms with Gasteiger partial charge < -0.3 is 4.90 Å². The molecule has 0 radical (unpaired) electrons. The number of hydrogen-bond acceptors (Lipinski definition) is 2. The molecule has 1 amide bonds. The molecule has 0 saturated heterocycles. The summed E-state index contributed by atoms with van der Waals surface area (Å²) in [5.74, 6) is -0.716. The van der Waals surface area contributed by atoms with Crippen LogP contribution in [0.25, 0.3) is 0 Å². The summed E-state index contributed by atoms with van der Waals surface area (Å²) in [5.41, 5.74) is -2.79. The van der Waals surface area contributed by atoms with E-state index >= 15 is 0 Å². The molecule has 1 aliphatic heterocycles. The zero-order valence-corrected chi connectivity index (χ0v) is 12.7. The zero-order valence-electron chi connectivity index (χ0n) is 10.4. The van der Waals surface area contributed by atoms with Crippen LogP contribution in [-0.4, -0.2) is 28.6 Å². The SMILES string of the molecule is CN1C(=O)c2c(Cl)cc(Br)c(=O)n2C1(C)CC(F)(F)F. The Labute approximate surface area is 125 Å². The van der Waals surface area contributed by atoms with Crippen molar-refractivity contribution in [2.75, 3.05) is 7.05 Å². The summed E-state index contributed by atoms with van der Waals surface area (Å²) in [7, 11) is 1.21. The molecule has 1 atom stereocenters. The van der Waals surface area contributed by atoms with Crippen molar-refractivity contribution in [2.45, 2.75) is 25.2 Å². The van der Waals surface area contributed by atoms with E-state index in [0.29, 0.717) is 0 Å². The van der Waals surface area contributed by atoms with Crippen molar-refractivity contribution in [2.24, 2.45) is 0 Å². The molecular weight excluding hydrogens is 364 g/mol. The smallest absolute Gasteiger partial charge is 0.317 e. The number of nitrogens with zero attached hydrogens (tertiary/aromatic N) is 2. The number of carbonyl (C=O) groups is 1. The van der Waals surface area contributed by atoms with E-state index in [-0.39, 0.29) is 15.2 Å². The van der Waals surface area contributed by atoms with Crippen LogP contribution >= 0.6 is 27.5 Å². The molecule has 9 heteroatoms. The van der Waals surface area contributed by atoms with Gasteiger partial charge in [0.1, 0.15) is 11.4 Å². The molecule has 0 aliphatic carbocycles. The molecular formula is C11H9BrClF3N2O2. The molecule has 20 heavy (non-hydrogen) atoms. The number of amides is 1. The van der Waals surface area contributed by atoms with E-state index in [9.17, 15) is 22.8 Å². The summed E-state index contributed by atoms with van der Waals surface area (Å²) in [6.45, 7) is 1.18. The highest BCUT2D eigenvalue weighted by atomic mass is 79.9. The average Bonchev–Trinajstić information content (AvgIpc) is 2.46. The summed E-state index contributed by atoms with van der Waals surface area (Å²) >= 11 is 8.83. The normalized spacial score (nSPS) is 22.4. The highest BCUT2D eigenvalue weighted by Gasteiger charge is 2.52. The van der Waals surface area contributed by atoms with Crippen molar-refractivity contribution < 1.29 is 18.0 Å². The third kappa shape index (κ3) is 2.14. The number of hydrogen-bond donors (Lipinski definition) is 0. The van der Waals surface area contributed by atoms with Crippen molar-refractivity contribution in [1.29, 1.82) is 0 Å². The number of rotatable bonds is 1. The number of carbonyl (C=O) groups excluding carboxylic acids is 1. The molecule has 0 N–H and O–H groups in total. The fourth-order valence-corrected chi connectivity index (χ4v) is 3.13. The Balaban J connectivity index is 2.78. The van der Waals surface area contributed by atoms with E-state index in [1.165, 1.54) is 20.0 Å². The maximum atomic E-state index is 12.8. The van der Waals surface area contributed by atoms with Crippen LogP contribution < -0.4 is 5.56 Å². The van der Waals surface area contributed by atoms with E-state index in [0.717, 1.165) is 9.47 Å². The van der Waals surface area contributed by atoms with Gasteiger partial charge >= 0.3 is 6.18 Å². The molecule has 0 bridgehead atoms. The van der Waals surface area contributed by atoms with Gasteiger partial charge in [-0.3, -0.25) is 14.2 Å². The zero-order chi connectivity index (χ0) is 15.5. The largest absolute Gasteiger partial charge is 0.393 e. The van der Waals surface area contributed by atoms with E-state index in [1.54, 1.807) is 0 Å². The lowest BCUT2D eigenvalue weighted by atomic mass is 10.1. The average molecular weight is 374 g/mol. The van der Waals surface area contributed by atoms with E-state index < -0.39 is 29.7 Å². The lowest BCUT2D eigenvalue weighted by molar-refractivity contribution is -0.166. The lowest BCUT2D eigenvalue weighted by Gasteiger charge is -2.34. The van der Waals surface area contributed by atoms with E-state index in [2.05, 4.69) is 15.9 Å². The van der Waals surface area contributed by atoms with Crippen molar-refractivity contribution in [3.05, 3.63) is 31.6 Å². The van der Waals surface area contributed by atoms with Gasteiger partial charge in [-0.1, -0.05) is 11.6 Å². The summed E-state index contributed by atoms with van der Waals surface area (Å²) in [4.78, 5) is 25.1. The molecule has 1 aromatic rings. The van der Waals surface area contributed by atoms with Crippen LogP contribution in [0, 0.1) is 0 Å². The van der Waals surface area contributed by atoms with E-state index in [4.69, 9.17) is 11.6 Å². The Morgan fingerprint density at radius 2 is 1.95 bits per heavy atom. The minimum Gasteiger partial charge on any atom is -0.317 e. The molecule has 0 aromatic carbocycles. The topological polar surface area (TPSA) is 42.3 Å². The maximum absolute atomic E-state index is 12.8. The van der Waals surface area contributed by atoms with Crippen LogP contribution in [0.3, 0.4) is 0 Å². The molecule has 1 aromatic heterocycles. The van der Waals surface area contributed by atoms with Gasteiger partial charge in [0.15, 0.2) is 0 Å². The van der Waals surface area contributed by atoms with Crippen LogP contribution in [0.4, 0.5) is 13.2 Å². The van der Waals surface area contributed by atoms with Gasteiger partial charge in [0.25, 0.3) is 11.5 Å². The fraction of sp³-hybridized carbons (Fsp3) is 0.455. The number of fused-ring (bicyclic) bond motifs is 1. The fourth-order valence-electron chi connectivity index (χ4n) is 2.32. The Morgan fingerprint density at radius 1 is 1.40 bits per heavy atom. The van der Waals surface area contributed by atoms with Crippen LogP contribution in [-0.2, 0) is 5.66 Å². The number of aromatic nitrogens is 1. The second-order valence-electron chi connectivity index (χ2n) is 4.70. The van der Waals surface area contributed by atoms with Crippen molar-refractivity contribution >= 4 is 33.4 Å². The molecule has 2 heterocycles. The Morgan fingerprint density at radius 3 is 2.45 bits per heavy atom. The van der Waals surface area contributed by atoms with Crippen molar-refractivity contribution in [1.82, 2.24) is 9.47 Å². The van der Waals surface area contributed by atoms with Gasteiger partial charge in [-0.25, -0.2) is 0 Å². The number of halogens is 5. The van der Waals surface area contributed by atoms with Gasteiger partial charge in [-0.15, -0.1) is 0 Å². The highest BCUT2D eigenvalue weighted by molar-refractivity contribution is 9.10. The Hall–Kier alpha value is -1.02. The quantitative estimate of drug-likeness (QED) is 0.759. The summed E-state index contributed by atoms with van der Waals surface area (Å²) in [5, 5.41) is -0.0702. The second-order valence-corrected chi connectivity index (χ2v) is 5.96. The third-order valence-corrected chi connectivity index (χ3v) is 4.21. The molecule has 0 spiro atoms. The Kier molecular flexibility index (Phi) is 3.45. The van der Waals surface area contributed by atoms with Crippen LogP contribution in [0.2, 0.25) is 5.02 Å². The van der Waals surface area contributed by atoms with E-state index in [1.807, 2.05) is 0 Å². The first-order valence-electron chi connectivity index (χ1n) is 5.45. The van der Waals surface area contributed by atoms with Gasteiger partial charge in [0.2, 0.25) is 0 Å². The molecule has 1 aliphatic rings. The molecule has 0 fully saturated rings. The standard InChI is InChI=1S/C11H9BrClF3N2O2/c1-10(4-11(14,15)16)17(2)9(20)7-6(13)3-5(12)8(19)18(7)10/h3H,4H2,1-2H3. The van der Waals surface area contributed by atoms with Gasteiger partial charge in [-0.2, -0.15) is 13.2 Å². The molecule has 4 nitrogen and oxygen atoms in total. The van der Waals surface area contributed by atoms with Gasteiger partial charge in [0.05, 0.1) is 15.9 Å². The van der Waals surface area contributed by atoms with Crippen LogP contribution in [0.15, 0.2) is 15.3 Å².